The summed E-state index contributed by atoms with van der Waals surface area (Å²) in [6.07, 6.45) is 6.86. The second-order valence-corrected chi connectivity index (χ2v) is 8.92. The molecule has 7 nitrogen and oxygen atoms in total. The number of phenolic OH excluding ortho intramolecular Hbond substituents is 1. The molecule has 1 atom stereocenters. The van der Waals surface area contributed by atoms with Crippen molar-refractivity contribution in [2.24, 2.45) is 0 Å². The summed E-state index contributed by atoms with van der Waals surface area (Å²) in [5.41, 5.74) is 2.22. The molecule has 156 valence electrons. The zero-order chi connectivity index (χ0) is 20.5. The molecule has 1 aromatic carbocycles. The summed E-state index contributed by atoms with van der Waals surface area (Å²) < 4.78 is 5.15. The summed E-state index contributed by atoms with van der Waals surface area (Å²) in [4.78, 5) is 7.41. The van der Waals surface area contributed by atoms with Crippen LogP contribution in [0.25, 0.3) is 21.7 Å². The van der Waals surface area contributed by atoms with Crippen molar-refractivity contribution in [2.75, 3.05) is 25.1 Å². The van der Waals surface area contributed by atoms with Crippen molar-refractivity contribution in [3.8, 4) is 32.6 Å². The lowest BCUT2D eigenvalue weighted by Crippen LogP contribution is -2.43. The molecule has 1 saturated heterocycles. The van der Waals surface area contributed by atoms with E-state index in [-0.39, 0.29) is 5.75 Å². The molecule has 8 heteroatoms. The summed E-state index contributed by atoms with van der Waals surface area (Å²) in [5.74, 6) is 1.07. The maximum absolute atomic E-state index is 10.6. The first-order valence-corrected chi connectivity index (χ1v) is 11.2. The normalized spacial score (nSPS) is 19.1. The van der Waals surface area contributed by atoms with E-state index in [1.807, 2.05) is 24.3 Å². The minimum Gasteiger partial charge on any atom is -0.507 e. The van der Waals surface area contributed by atoms with Gasteiger partial charge in [0.05, 0.1) is 17.7 Å². The van der Waals surface area contributed by atoms with E-state index >= 15 is 0 Å². The minimum absolute atomic E-state index is 0.174. The average molecular weight is 424 g/mol. The van der Waals surface area contributed by atoms with E-state index in [9.17, 15) is 5.11 Å². The Kier molecular flexibility index (Phi) is 5.26. The fourth-order valence-electron chi connectivity index (χ4n) is 4.04. The van der Waals surface area contributed by atoms with Crippen molar-refractivity contribution in [2.45, 2.75) is 37.8 Å². The predicted molar refractivity (Wildman–Crippen MR) is 118 cm³/mol. The van der Waals surface area contributed by atoms with Crippen LogP contribution in [0.2, 0.25) is 0 Å². The molecule has 2 aromatic heterocycles. The highest BCUT2D eigenvalue weighted by Crippen LogP contribution is 2.36. The number of hydrogen-bond acceptors (Lipinski definition) is 8. The molecular formula is C22H25N5O2S. The van der Waals surface area contributed by atoms with Gasteiger partial charge in [-0.2, -0.15) is 0 Å². The molecule has 0 bridgehead atoms. The second kappa shape index (κ2) is 8.20. The van der Waals surface area contributed by atoms with Crippen LogP contribution < -0.4 is 15.0 Å². The first-order chi connectivity index (χ1) is 14.7. The monoisotopic (exact) mass is 423 g/mol. The van der Waals surface area contributed by atoms with E-state index < -0.39 is 0 Å². The van der Waals surface area contributed by atoms with Gasteiger partial charge in [-0.3, -0.25) is 0 Å². The van der Waals surface area contributed by atoms with Crippen LogP contribution >= 0.6 is 11.3 Å². The third kappa shape index (κ3) is 3.85. The lowest BCUT2D eigenvalue weighted by molar-refractivity contribution is 0.311. The molecule has 1 saturated carbocycles. The van der Waals surface area contributed by atoms with Crippen LogP contribution in [-0.2, 0) is 0 Å². The first-order valence-electron chi connectivity index (χ1n) is 10.4. The van der Waals surface area contributed by atoms with E-state index in [0.717, 1.165) is 35.8 Å². The Bertz CT molecular complexity index is 1020. The van der Waals surface area contributed by atoms with E-state index in [0.29, 0.717) is 28.5 Å². The number of rotatable bonds is 6. The Morgan fingerprint density at radius 1 is 1.13 bits per heavy atom. The highest BCUT2D eigenvalue weighted by atomic mass is 32.1. The zero-order valence-corrected chi connectivity index (χ0v) is 17.7. The number of aromatic nitrogens is 3. The van der Waals surface area contributed by atoms with Crippen LogP contribution in [-0.4, -0.2) is 52.6 Å². The third-order valence-electron chi connectivity index (χ3n) is 5.96. The molecule has 1 aliphatic carbocycles. The quantitative estimate of drug-likeness (QED) is 0.625. The predicted octanol–water partition coefficient (Wildman–Crippen LogP) is 3.70. The topological polar surface area (TPSA) is 83.4 Å². The molecule has 5 rings (SSSR count). The molecule has 2 N–H and O–H groups in total. The van der Waals surface area contributed by atoms with Crippen LogP contribution in [0, 0.1) is 0 Å². The van der Waals surface area contributed by atoms with Crippen molar-refractivity contribution >= 4 is 17.2 Å². The van der Waals surface area contributed by atoms with Crippen LogP contribution in [0.1, 0.15) is 25.7 Å². The van der Waals surface area contributed by atoms with Crippen molar-refractivity contribution in [1.29, 1.82) is 0 Å². The van der Waals surface area contributed by atoms with Crippen LogP contribution in [0.4, 0.5) is 5.82 Å². The molecule has 3 heterocycles. The second-order valence-electron chi connectivity index (χ2n) is 7.93. The number of ether oxygens (including phenoxy) is 1. The molecule has 0 amide bonds. The number of nitrogens with zero attached hydrogens (tertiary/aromatic N) is 4. The van der Waals surface area contributed by atoms with Crippen molar-refractivity contribution < 1.29 is 9.84 Å². The number of anilines is 1. The van der Waals surface area contributed by atoms with Crippen LogP contribution in [0.3, 0.4) is 0 Å². The van der Waals surface area contributed by atoms with E-state index in [4.69, 9.17) is 4.74 Å². The molecule has 30 heavy (non-hydrogen) atoms. The maximum atomic E-state index is 10.6. The van der Waals surface area contributed by atoms with E-state index in [1.165, 1.54) is 30.6 Å². The number of thiazole rings is 1. The maximum Gasteiger partial charge on any atom is 0.273 e. The standard InChI is InChI=1S/C22H25N5O2S/c1-29-22-23-12-20(30-22)14-5-6-17(19(28)11-14)18-7-8-21(26-25-18)27-10-9-16(13-27)24-15-3-2-4-15/h5-8,11-12,15-16,24,28H,2-4,9-10,13H2,1H3/t16-/m0/s1. The van der Waals surface area contributed by atoms with Gasteiger partial charge in [0.1, 0.15) is 5.75 Å². The fourth-order valence-corrected chi connectivity index (χ4v) is 4.76. The van der Waals surface area contributed by atoms with Gasteiger partial charge >= 0.3 is 0 Å². The van der Waals surface area contributed by atoms with E-state index in [2.05, 4.69) is 25.4 Å². The van der Waals surface area contributed by atoms with Gasteiger partial charge < -0.3 is 20.1 Å². The summed E-state index contributed by atoms with van der Waals surface area (Å²) >= 11 is 1.44. The lowest BCUT2D eigenvalue weighted by atomic mass is 9.92. The van der Waals surface area contributed by atoms with Gasteiger partial charge in [0, 0.05) is 36.9 Å². The molecule has 2 fully saturated rings. The van der Waals surface area contributed by atoms with Gasteiger partial charge in [0.15, 0.2) is 5.82 Å². The van der Waals surface area contributed by atoms with Gasteiger partial charge in [-0.25, -0.2) is 4.98 Å². The number of hydrogen-bond donors (Lipinski definition) is 2. The molecule has 0 unspecified atom stereocenters. The molecule has 3 aromatic rings. The molecule has 0 spiro atoms. The Hall–Kier alpha value is -2.71. The van der Waals surface area contributed by atoms with Gasteiger partial charge in [-0.15, -0.1) is 10.2 Å². The largest absolute Gasteiger partial charge is 0.507 e. The smallest absolute Gasteiger partial charge is 0.273 e. The molecule has 2 aliphatic rings. The van der Waals surface area contributed by atoms with Gasteiger partial charge in [-0.05, 0) is 49.1 Å². The van der Waals surface area contributed by atoms with Crippen molar-refractivity contribution in [3.05, 3.63) is 36.5 Å². The summed E-state index contributed by atoms with van der Waals surface area (Å²) in [6.45, 7) is 1.97. The van der Waals surface area contributed by atoms with Crippen LogP contribution in [0.5, 0.6) is 10.9 Å². The minimum atomic E-state index is 0.174. The van der Waals surface area contributed by atoms with Gasteiger partial charge in [0.2, 0.25) is 0 Å². The Balaban J connectivity index is 1.28. The van der Waals surface area contributed by atoms with Gasteiger partial charge in [-0.1, -0.05) is 23.8 Å². The summed E-state index contributed by atoms with van der Waals surface area (Å²) in [5, 5.41) is 23.7. The molecular weight excluding hydrogens is 398 g/mol. The number of methoxy groups -OCH3 is 1. The SMILES string of the molecule is COc1ncc(-c2ccc(-c3ccc(N4CC[C@H](NC5CCC5)C4)nn3)c(O)c2)s1. The van der Waals surface area contributed by atoms with Crippen molar-refractivity contribution in [1.82, 2.24) is 20.5 Å². The average Bonchev–Trinajstić information content (AvgIpc) is 3.40. The van der Waals surface area contributed by atoms with Gasteiger partial charge in [0.25, 0.3) is 5.19 Å². The number of aromatic hydroxyl groups is 1. The Labute approximate surface area is 179 Å². The lowest BCUT2D eigenvalue weighted by Gasteiger charge is -2.29. The first kappa shape index (κ1) is 19.3. The number of phenols is 1. The number of benzene rings is 1. The molecule has 1 aliphatic heterocycles. The van der Waals surface area contributed by atoms with Crippen LogP contribution in [0.15, 0.2) is 36.5 Å². The van der Waals surface area contributed by atoms with Crippen molar-refractivity contribution in [3.63, 3.8) is 0 Å². The summed E-state index contributed by atoms with van der Waals surface area (Å²) in [6, 6.07) is 10.7. The highest BCUT2D eigenvalue weighted by molar-refractivity contribution is 7.16. The Morgan fingerprint density at radius 2 is 2.03 bits per heavy atom. The summed E-state index contributed by atoms with van der Waals surface area (Å²) in [7, 11) is 1.60. The highest BCUT2D eigenvalue weighted by Gasteiger charge is 2.27. The number of nitrogens with one attached hydrogen (secondary N) is 1. The third-order valence-corrected chi connectivity index (χ3v) is 6.96. The zero-order valence-electron chi connectivity index (χ0n) is 16.9. The Morgan fingerprint density at radius 3 is 2.70 bits per heavy atom. The fraction of sp³-hybridized carbons (Fsp3) is 0.409. The molecule has 0 radical (unpaired) electrons. The van der Waals surface area contributed by atoms with E-state index in [1.54, 1.807) is 19.4 Å².